The molecule has 4 heterocycles. The number of hydrogen-bond donors (Lipinski definition) is 4. The number of hydrogen-bond acceptors (Lipinski definition) is 12. The van der Waals surface area contributed by atoms with Gasteiger partial charge in [-0.25, -0.2) is 4.79 Å². The minimum Gasteiger partial charge on any atom is -0.493 e. The molecule has 12 heteroatoms. The third kappa shape index (κ3) is 4.04. The van der Waals surface area contributed by atoms with Crippen molar-refractivity contribution < 1.29 is 53.3 Å². The molecule has 0 bridgehead atoms. The van der Waals surface area contributed by atoms with E-state index in [0.29, 0.717) is 39.5 Å². The molecule has 3 aliphatic rings. The van der Waals surface area contributed by atoms with Crippen molar-refractivity contribution in [1.29, 1.82) is 0 Å². The van der Waals surface area contributed by atoms with E-state index in [9.17, 15) is 25.2 Å². The third-order valence-electron chi connectivity index (χ3n) is 6.30. The topological polar surface area (TPSA) is 167 Å². The summed E-state index contributed by atoms with van der Waals surface area (Å²) < 4.78 is 39.8. The van der Waals surface area contributed by atoms with Crippen molar-refractivity contribution in [2.45, 2.75) is 37.0 Å². The highest BCUT2D eigenvalue weighted by molar-refractivity contribution is 5.81. The Hall–Kier alpha value is -3.81. The molecule has 1 fully saturated rings. The van der Waals surface area contributed by atoms with E-state index in [4.69, 9.17) is 32.8 Å². The maximum Gasteiger partial charge on any atom is 0.336 e. The van der Waals surface area contributed by atoms with E-state index in [1.807, 2.05) is 0 Å². The first-order chi connectivity index (χ1) is 17.8. The zero-order chi connectivity index (χ0) is 25.8. The van der Waals surface area contributed by atoms with Gasteiger partial charge in [-0.2, -0.15) is 0 Å². The summed E-state index contributed by atoms with van der Waals surface area (Å²) in [5.74, 6) is 1.79. The van der Waals surface area contributed by atoms with Gasteiger partial charge in [-0.3, -0.25) is 0 Å². The Morgan fingerprint density at radius 3 is 2.51 bits per heavy atom. The molecule has 0 spiro atoms. The van der Waals surface area contributed by atoms with Crippen molar-refractivity contribution in [3.8, 4) is 28.7 Å². The second kappa shape index (κ2) is 8.94. The van der Waals surface area contributed by atoms with Gasteiger partial charge in [0, 0.05) is 29.1 Å². The number of ether oxygens (including phenoxy) is 6. The van der Waals surface area contributed by atoms with Crippen molar-refractivity contribution in [2.24, 2.45) is 0 Å². The van der Waals surface area contributed by atoms with Crippen molar-refractivity contribution in [3.63, 3.8) is 0 Å². The van der Waals surface area contributed by atoms with E-state index >= 15 is 0 Å². The van der Waals surface area contributed by atoms with Crippen LogP contribution in [-0.4, -0.2) is 71.1 Å². The summed E-state index contributed by atoms with van der Waals surface area (Å²) in [6.07, 6.45) is -6.50. The molecule has 1 aromatic heterocycles. The number of aliphatic hydroxyl groups is 4. The lowest BCUT2D eigenvalue weighted by atomic mass is 9.99. The third-order valence-corrected chi connectivity index (χ3v) is 6.30. The highest BCUT2D eigenvalue weighted by Crippen LogP contribution is 2.45. The molecule has 6 unspecified atom stereocenters. The Morgan fingerprint density at radius 2 is 1.73 bits per heavy atom. The van der Waals surface area contributed by atoms with Gasteiger partial charge < -0.3 is 53.3 Å². The molecule has 6 atom stereocenters. The molecular weight excluding hydrogens is 492 g/mol. The smallest absolute Gasteiger partial charge is 0.336 e. The molecule has 4 N–H and O–H groups in total. The molecule has 6 rings (SSSR count). The van der Waals surface area contributed by atoms with Gasteiger partial charge >= 0.3 is 5.63 Å². The minimum atomic E-state index is -1.60. The van der Waals surface area contributed by atoms with Crippen LogP contribution in [-0.2, 0) is 4.74 Å². The summed E-state index contributed by atoms with van der Waals surface area (Å²) in [6.45, 7) is -0.593. The predicted octanol–water partition coefficient (Wildman–Crippen LogP) is 0.511. The largest absolute Gasteiger partial charge is 0.493 e. The number of aliphatic hydroxyl groups excluding tert-OH is 4. The molecule has 2 aromatic carbocycles. The van der Waals surface area contributed by atoms with Crippen LogP contribution in [0.15, 0.2) is 51.4 Å². The quantitative estimate of drug-likeness (QED) is 0.357. The normalized spacial score (nSPS) is 28.0. The Kier molecular flexibility index (Phi) is 5.70. The van der Waals surface area contributed by atoms with E-state index in [2.05, 4.69) is 0 Å². The van der Waals surface area contributed by atoms with Gasteiger partial charge in [-0.1, -0.05) is 0 Å². The first kappa shape index (κ1) is 23.6. The summed E-state index contributed by atoms with van der Waals surface area (Å²) in [6, 6.07) is 9.26. The summed E-state index contributed by atoms with van der Waals surface area (Å²) in [7, 11) is 1.41. The second-order valence-corrected chi connectivity index (χ2v) is 8.66. The fraction of sp³-hybridized carbons (Fsp3) is 0.320. The zero-order valence-electron chi connectivity index (χ0n) is 19.3. The molecule has 3 aromatic rings. The van der Waals surface area contributed by atoms with Crippen molar-refractivity contribution >= 4 is 17.0 Å². The lowest BCUT2D eigenvalue weighted by Crippen LogP contribution is -2.60. The molecule has 0 radical (unpaired) electrons. The van der Waals surface area contributed by atoms with Crippen LogP contribution in [0.25, 0.3) is 17.0 Å². The van der Waals surface area contributed by atoms with Gasteiger partial charge in [0.2, 0.25) is 6.29 Å². The van der Waals surface area contributed by atoms with Crippen LogP contribution in [0.5, 0.6) is 28.7 Å². The number of rotatable bonds is 4. The van der Waals surface area contributed by atoms with Crippen LogP contribution in [0.2, 0.25) is 0 Å². The molecule has 3 aliphatic heterocycles. The lowest BCUT2D eigenvalue weighted by Gasteiger charge is -2.39. The zero-order valence-corrected chi connectivity index (χ0v) is 19.3. The number of benzene rings is 2. The molecule has 37 heavy (non-hydrogen) atoms. The molecular formula is C25H22O12. The fourth-order valence-electron chi connectivity index (χ4n) is 4.36. The van der Waals surface area contributed by atoms with Crippen molar-refractivity contribution in [2.75, 3.05) is 13.7 Å². The van der Waals surface area contributed by atoms with Crippen LogP contribution in [0.3, 0.4) is 0 Å². The fourth-order valence-corrected chi connectivity index (χ4v) is 4.36. The first-order valence-electron chi connectivity index (χ1n) is 11.3. The SMILES string of the molecule is COc1cc2c(cc1OC1OC(CO)C(O)C(O)C1O)OC1Oc3cc4ccc(=O)oc4cc3OC1=C2. The maximum absolute atomic E-state index is 11.6. The lowest BCUT2D eigenvalue weighted by molar-refractivity contribution is -0.277. The minimum absolute atomic E-state index is 0.112. The highest BCUT2D eigenvalue weighted by atomic mass is 16.7. The van der Waals surface area contributed by atoms with Crippen LogP contribution in [0.4, 0.5) is 0 Å². The van der Waals surface area contributed by atoms with E-state index in [0.717, 1.165) is 0 Å². The molecule has 0 amide bonds. The van der Waals surface area contributed by atoms with E-state index < -0.39 is 49.2 Å². The predicted molar refractivity (Wildman–Crippen MR) is 124 cm³/mol. The average molecular weight is 514 g/mol. The van der Waals surface area contributed by atoms with E-state index in [-0.39, 0.29) is 11.5 Å². The van der Waals surface area contributed by atoms with Gasteiger partial charge in [-0.15, -0.1) is 0 Å². The van der Waals surface area contributed by atoms with Gasteiger partial charge in [0.1, 0.15) is 35.7 Å². The van der Waals surface area contributed by atoms with Crippen molar-refractivity contribution in [1.82, 2.24) is 0 Å². The summed E-state index contributed by atoms with van der Waals surface area (Å²) in [4.78, 5) is 11.6. The molecule has 194 valence electrons. The van der Waals surface area contributed by atoms with E-state index in [1.165, 1.54) is 19.2 Å². The number of methoxy groups -OCH3 is 1. The van der Waals surface area contributed by atoms with Gasteiger partial charge in [-0.05, 0) is 24.3 Å². The van der Waals surface area contributed by atoms with Crippen molar-refractivity contribution in [3.05, 3.63) is 58.1 Å². The summed E-state index contributed by atoms with van der Waals surface area (Å²) >= 11 is 0. The Morgan fingerprint density at radius 1 is 0.919 bits per heavy atom. The van der Waals surface area contributed by atoms with Gasteiger partial charge in [0.05, 0.1) is 13.7 Å². The van der Waals surface area contributed by atoms with Crippen LogP contribution in [0, 0.1) is 0 Å². The van der Waals surface area contributed by atoms with Gasteiger partial charge in [0.15, 0.2) is 28.8 Å². The summed E-state index contributed by atoms with van der Waals surface area (Å²) in [5, 5.41) is 40.5. The summed E-state index contributed by atoms with van der Waals surface area (Å²) in [5.41, 5.74) is 0.441. The average Bonchev–Trinajstić information content (AvgIpc) is 2.89. The van der Waals surface area contributed by atoms with E-state index in [1.54, 1.807) is 30.3 Å². The molecule has 0 aliphatic carbocycles. The Balaban J connectivity index is 1.30. The standard InChI is InChI=1S/C25H22O12/c1-31-14-5-11-6-18-24(35-15-4-10-2-3-20(27)33-12(10)7-17(15)32-18)34-13(11)8-16(14)36-25-23(30)22(29)21(28)19(9-26)37-25/h2-8,19,21-26,28-30H,9H2,1H3. The highest BCUT2D eigenvalue weighted by Gasteiger charge is 2.45. The maximum atomic E-state index is 11.6. The van der Waals surface area contributed by atoms with Crippen LogP contribution in [0.1, 0.15) is 5.56 Å². The molecule has 12 nitrogen and oxygen atoms in total. The first-order valence-corrected chi connectivity index (χ1v) is 11.3. The monoisotopic (exact) mass is 514 g/mol. The molecule has 1 saturated heterocycles. The second-order valence-electron chi connectivity index (χ2n) is 8.66. The van der Waals surface area contributed by atoms with Gasteiger partial charge in [0.25, 0.3) is 6.29 Å². The number of fused-ring (bicyclic) bond motifs is 4. The Labute approximate surface area is 208 Å². The Bertz CT molecular complexity index is 1440. The molecule has 0 saturated carbocycles. The van der Waals surface area contributed by atoms with Crippen LogP contribution < -0.4 is 29.3 Å². The van der Waals surface area contributed by atoms with Crippen LogP contribution >= 0.6 is 0 Å².